The van der Waals surface area contributed by atoms with Crippen LogP contribution in [0.4, 0.5) is 5.69 Å². The highest BCUT2D eigenvalue weighted by Gasteiger charge is 2.33. The van der Waals surface area contributed by atoms with Gasteiger partial charge in [0.2, 0.25) is 0 Å². The van der Waals surface area contributed by atoms with Gasteiger partial charge in [0.05, 0.1) is 23.7 Å². The van der Waals surface area contributed by atoms with Crippen LogP contribution in [-0.2, 0) is 11.8 Å². The first-order valence-corrected chi connectivity index (χ1v) is 7.88. The third kappa shape index (κ3) is 2.57. The quantitative estimate of drug-likeness (QED) is 0.692. The van der Waals surface area contributed by atoms with Crippen molar-refractivity contribution in [2.75, 3.05) is 5.01 Å². The van der Waals surface area contributed by atoms with E-state index in [-0.39, 0.29) is 5.91 Å². The van der Waals surface area contributed by atoms with E-state index in [1.54, 1.807) is 29.3 Å². The lowest BCUT2D eigenvalue weighted by molar-refractivity contribution is -0.114. The zero-order valence-corrected chi connectivity index (χ0v) is 13.9. The molecular formula is C19H16N4O2. The van der Waals surface area contributed by atoms with Crippen molar-refractivity contribution in [3.63, 3.8) is 0 Å². The molecule has 3 aromatic rings. The Balaban J connectivity index is 1.84. The first-order valence-electron chi connectivity index (χ1n) is 7.88. The standard InChI is InChI=1S/C19H16N4O2/c1-13-14(12-20-22(13)2)11-16-18(17-9-6-10-25-17)21-23(19(16)24)15-7-4-3-5-8-15/h3-12H,1-2H3/b16-11+. The number of furan rings is 1. The molecule has 25 heavy (non-hydrogen) atoms. The van der Waals surface area contributed by atoms with Crippen LogP contribution in [0.1, 0.15) is 17.0 Å². The summed E-state index contributed by atoms with van der Waals surface area (Å²) in [6.07, 6.45) is 5.12. The number of para-hydroxylation sites is 1. The second-order valence-electron chi connectivity index (χ2n) is 5.75. The Bertz CT molecular complexity index is 982. The molecule has 124 valence electrons. The fourth-order valence-electron chi connectivity index (χ4n) is 2.70. The number of aromatic nitrogens is 2. The molecule has 0 aliphatic carbocycles. The van der Waals surface area contributed by atoms with E-state index in [0.717, 1.165) is 11.3 Å². The van der Waals surface area contributed by atoms with Gasteiger partial charge in [-0.05, 0) is 37.3 Å². The van der Waals surface area contributed by atoms with Crippen molar-refractivity contribution in [3.8, 4) is 0 Å². The Labute approximate surface area is 144 Å². The summed E-state index contributed by atoms with van der Waals surface area (Å²) in [4.78, 5) is 13.0. The Hall–Kier alpha value is -3.41. The monoisotopic (exact) mass is 332 g/mol. The molecule has 1 aliphatic heterocycles. The zero-order valence-electron chi connectivity index (χ0n) is 13.9. The van der Waals surface area contributed by atoms with Crippen molar-refractivity contribution in [2.45, 2.75) is 6.92 Å². The van der Waals surface area contributed by atoms with E-state index >= 15 is 0 Å². The molecule has 0 fully saturated rings. The molecule has 6 nitrogen and oxygen atoms in total. The smallest absolute Gasteiger partial charge is 0.281 e. The Morgan fingerprint density at radius 1 is 1.12 bits per heavy atom. The Morgan fingerprint density at radius 3 is 2.56 bits per heavy atom. The molecule has 4 rings (SSSR count). The molecule has 0 atom stereocenters. The summed E-state index contributed by atoms with van der Waals surface area (Å²) >= 11 is 0. The van der Waals surface area contributed by atoms with E-state index < -0.39 is 0 Å². The number of anilines is 1. The number of amides is 1. The first-order chi connectivity index (χ1) is 12.1. The summed E-state index contributed by atoms with van der Waals surface area (Å²) in [5.41, 5.74) is 3.55. The number of aryl methyl sites for hydroxylation is 1. The number of benzene rings is 1. The summed E-state index contributed by atoms with van der Waals surface area (Å²) in [5, 5.41) is 10.1. The van der Waals surface area contributed by atoms with Gasteiger partial charge in [-0.25, -0.2) is 0 Å². The molecule has 0 radical (unpaired) electrons. The third-order valence-corrected chi connectivity index (χ3v) is 4.21. The molecule has 6 heteroatoms. The minimum Gasteiger partial charge on any atom is -0.463 e. The maximum Gasteiger partial charge on any atom is 0.281 e. The van der Waals surface area contributed by atoms with Crippen molar-refractivity contribution < 1.29 is 9.21 Å². The summed E-state index contributed by atoms with van der Waals surface area (Å²) < 4.78 is 7.25. The molecule has 0 N–H and O–H groups in total. The lowest BCUT2D eigenvalue weighted by atomic mass is 10.1. The summed E-state index contributed by atoms with van der Waals surface area (Å²) in [6.45, 7) is 1.96. The van der Waals surface area contributed by atoms with Crippen molar-refractivity contribution in [2.24, 2.45) is 12.1 Å². The number of nitrogens with zero attached hydrogens (tertiary/aromatic N) is 4. The second-order valence-corrected chi connectivity index (χ2v) is 5.75. The van der Waals surface area contributed by atoms with Crippen molar-refractivity contribution in [1.82, 2.24) is 9.78 Å². The molecule has 2 aromatic heterocycles. The van der Waals surface area contributed by atoms with E-state index in [9.17, 15) is 4.79 Å². The Morgan fingerprint density at radius 2 is 1.92 bits per heavy atom. The minimum atomic E-state index is -0.194. The molecule has 1 amide bonds. The van der Waals surface area contributed by atoms with Crippen LogP contribution in [0.25, 0.3) is 6.08 Å². The van der Waals surface area contributed by atoms with Gasteiger partial charge < -0.3 is 4.42 Å². The van der Waals surface area contributed by atoms with Crippen LogP contribution in [0, 0.1) is 6.92 Å². The fraction of sp³-hybridized carbons (Fsp3) is 0.105. The molecule has 1 aliphatic rings. The van der Waals surface area contributed by atoms with E-state index in [0.29, 0.717) is 22.7 Å². The SMILES string of the molecule is Cc1c(/C=C2/C(=O)N(c3ccccc3)N=C2c2ccco2)cnn1C. The van der Waals surface area contributed by atoms with E-state index in [4.69, 9.17) is 4.42 Å². The number of carbonyl (C=O) groups excluding carboxylic acids is 1. The highest BCUT2D eigenvalue weighted by Crippen LogP contribution is 2.28. The van der Waals surface area contributed by atoms with Gasteiger partial charge in [0.1, 0.15) is 5.71 Å². The molecule has 0 unspecified atom stereocenters. The van der Waals surface area contributed by atoms with Gasteiger partial charge in [0.25, 0.3) is 5.91 Å². The summed E-state index contributed by atoms with van der Waals surface area (Å²) in [5.74, 6) is 0.362. The largest absolute Gasteiger partial charge is 0.463 e. The zero-order chi connectivity index (χ0) is 17.4. The fourth-order valence-corrected chi connectivity index (χ4v) is 2.70. The van der Waals surface area contributed by atoms with Gasteiger partial charge in [-0.1, -0.05) is 18.2 Å². The maximum atomic E-state index is 13.0. The van der Waals surface area contributed by atoms with Crippen molar-refractivity contribution in [1.29, 1.82) is 0 Å². The average Bonchev–Trinajstić information content (AvgIpc) is 3.33. The van der Waals surface area contributed by atoms with Crippen LogP contribution in [-0.4, -0.2) is 21.4 Å². The molecule has 1 aromatic carbocycles. The van der Waals surface area contributed by atoms with Crippen LogP contribution in [0.5, 0.6) is 0 Å². The second kappa shape index (κ2) is 5.90. The predicted octanol–water partition coefficient (Wildman–Crippen LogP) is 3.16. The van der Waals surface area contributed by atoms with Crippen LogP contribution in [0.15, 0.2) is 70.0 Å². The predicted molar refractivity (Wildman–Crippen MR) is 95.1 cm³/mol. The van der Waals surface area contributed by atoms with Crippen molar-refractivity contribution in [3.05, 3.63) is 77.5 Å². The lowest BCUT2D eigenvalue weighted by Gasteiger charge is -2.10. The number of rotatable bonds is 3. The maximum absolute atomic E-state index is 13.0. The van der Waals surface area contributed by atoms with E-state index in [1.165, 1.54) is 5.01 Å². The summed E-state index contributed by atoms with van der Waals surface area (Å²) in [7, 11) is 1.87. The topological polar surface area (TPSA) is 63.6 Å². The first kappa shape index (κ1) is 15.1. The van der Waals surface area contributed by atoms with Crippen LogP contribution in [0.3, 0.4) is 0 Å². The molecule has 3 heterocycles. The minimum absolute atomic E-state index is 0.194. The van der Waals surface area contributed by atoms with Crippen molar-refractivity contribution >= 4 is 23.4 Å². The number of hydrogen-bond acceptors (Lipinski definition) is 4. The van der Waals surface area contributed by atoms with Gasteiger partial charge in [-0.15, -0.1) is 0 Å². The molecular weight excluding hydrogens is 316 g/mol. The molecule has 0 saturated carbocycles. The van der Waals surface area contributed by atoms with E-state index in [1.807, 2.05) is 50.4 Å². The van der Waals surface area contributed by atoms with Crippen LogP contribution < -0.4 is 5.01 Å². The van der Waals surface area contributed by atoms with E-state index in [2.05, 4.69) is 10.2 Å². The van der Waals surface area contributed by atoms with Gasteiger partial charge in [0.15, 0.2) is 5.76 Å². The number of hydrogen-bond donors (Lipinski definition) is 0. The third-order valence-electron chi connectivity index (χ3n) is 4.21. The number of carbonyl (C=O) groups is 1. The molecule has 0 spiro atoms. The average molecular weight is 332 g/mol. The van der Waals surface area contributed by atoms with Gasteiger partial charge >= 0.3 is 0 Å². The molecule has 0 saturated heterocycles. The number of hydrazone groups is 1. The summed E-state index contributed by atoms with van der Waals surface area (Å²) in [6, 6.07) is 12.9. The van der Waals surface area contributed by atoms with Gasteiger partial charge in [0, 0.05) is 18.3 Å². The highest BCUT2D eigenvalue weighted by molar-refractivity contribution is 6.36. The normalized spacial score (nSPS) is 15.9. The van der Waals surface area contributed by atoms with Gasteiger partial charge in [-0.2, -0.15) is 15.2 Å². The highest BCUT2D eigenvalue weighted by atomic mass is 16.3. The lowest BCUT2D eigenvalue weighted by Crippen LogP contribution is -2.21. The van der Waals surface area contributed by atoms with Gasteiger partial charge in [-0.3, -0.25) is 9.48 Å². The van der Waals surface area contributed by atoms with Crippen LogP contribution in [0.2, 0.25) is 0 Å². The molecule has 0 bridgehead atoms. The van der Waals surface area contributed by atoms with Crippen LogP contribution >= 0.6 is 0 Å². The Kier molecular flexibility index (Phi) is 3.57.